The Bertz CT molecular complexity index is 2320. The molecule has 3 amide bonds. The monoisotopic (exact) mass is 995 g/mol. The molecule has 340 valence electrons. The van der Waals surface area contributed by atoms with E-state index < -0.39 is 97.8 Å². The average molecular weight is 997 g/mol. The summed E-state index contributed by atoms with van der Waals surface area (Å²) in [5.41, 5.74) is -0.703. The fourth-order valence-electron chi connectivity index (χ4n) is 10.8. The third-order valence-electron chi connectivity index (χ3n) is 13.5. The van der Waals surface area contributed by atoms with E-state index in [-0.39, 0.29) is 48.1 Å². The van der Waals surface area contributed by atoms with Gasteiger partial charge in [-0.25, -0.2) is 4.57 Å². The first kappa shape index (κ1) is 47.3. The van der Waals surface area contributed by atoms with Crippen molar-refractivity contribution in [2.45, 2.75) is 88.9 Å². The highest BCUT2D eigenvalue weighted by molar-refractivity contribution is 9.09. The van der Waals surface area contributed by atoms with Crippen molar-refractivity contribution in [3.05, 3.63) is 74.5 Å². The number of aliphatic carboxylic acids is 1. The number of thiophene rings is 1. The Morgan fingerprint density at radius 3 is 2.62 bits per heavy atom. The van der Waals surface area contributed by atoms with E-state index in [1.807, 2.05) is 19.9 Å². The molecule has 1 aromatic carbocycles. The second-order valence-electron chi connectivity index (χ2n) is 17.2. The molecular formula is C42H48BrClN3O14PS. The molecule has 0 spiro atoms. The van der Waals surface area contributed by atoms with E-state index in [1.54, 1.807) is 36.4 Å². The average Bonchev–Trinajstić information content (AvgIpc) is 3.86. The summed E-state index contributed by atoms with van der Waals surface area (Å²) in [6, 6.07) is 7.36. The molecule has 21 heteroatoms. The van der Waals surface area contributed by atoms with Crippen molar-refractivity contribution in [2.24, 2.45) is 28.6 Å². The van der Waals surface area contributed by atoms with Crippen molar-refractivity contribution in [1.29, 1.82) is 0 Å². The Kier molecular flexibility index (Phi) is 13.8. The number of carbonyl (C=O) groups is 6. The first-order chi connectivity index (χ1) is 29.7. The number of phosphoric ester groups is 1. The zero-order valence-corrected chi connectivity index (χ0v) is 38.3. The number of fused-ring (bicyclic) bond motifs is 7. The number of aliphatic hydroxyl groups excluding tert-OH is 1. The zero-order chi connectivity index (χ0) is 45.6. The summed E-state index contributed by atoms with van der Waals surface area (Å²) in [4.78, 5) is 95.1. The number of hydrogen-bond acceptors (Lipinski definition) is 12. The molecule has 63 heavy (non-hydrogen) atoms. The first-order valence-electron chi connectivity index (χ1n) is 20.4. The number of benzene rings is 1. The predicted molar refractivity (Wildman–Crippen MR) is 231 cm³/mol. The minimum Gasteiger partial charge on any atom is -0.481 e. The maximum atomic E-state index is 14.4. The van der Waals surface area contributed by atoms with E-state index in [1.165, 1.54) is 17.4 Å². The number of carboxylic acid groups (broad SMARTS) is 1. The molecule has 3 saturated carbocycles. The molecule has 2 aromatic rings. The minimum absolute atomic E-state index is 0.0301. The van der Waals surface area contributed by atoms with Gasteiger partial charge in [-0.3, -0.25) is 33.3 Å². The van der Waals surface area contributed by atoms with Crippen LogP contribution in [-0.2, 0) is 53.8 Å². The van der Waals surface area contributed by atoms with Crippen LogP contribution in [0, 0.1) is 28.6 Å². The van der Waals surface area contributed by atoms with Gasteiger partial charge in [0.25, 0.3) is 0 Å². The van der Waals surface area contributed by atoms with Crippen LogP contribution in [0.25, 0.3) is 0 Å². The fourth-order valence-corrected chi connectivity index (χ4v) is 12.6. The van der Waals surface area contributed by atoms with Crippen molar-refractivity contribution in [1.82, 2.24) is 10.6 Å². The number of allylic oxidation sites excluding steroid dienone is 4. The number of ether oxygens (including phenoxy) is 2. The number of aliphatic hydroxyl groups is 1. The van der Waals surface area contributed by atoms with Crippen molar-refractivity contribution in [2.75, 3.05) is 23.8 Å². The van der Waals surface area contributed by atoms with Crippen LogP contribution < -0.4 is 16.0 Å². The van der Waals surface area contributed by atoms with Crippen LogP contribution in [0.5, 0.6) is 0 Å². The molecule has 4 aliphatic carbocycles. The van der Waals surface area contributed by atoms with Gasteiger partial charge in [0.1, 0.15) is 12.6 Å². The quantitative estimate of drug-likeness (QED) is 0.0902. The summed E-state index contributed by atoms with van der Waals surface area (Å²) in [7, 11) is -5.07. The highest BCUT2D eigenvalue weighted by Crippen LogP contribution is 2.71. The number of halogens is 2. The molecule has 17 nitrogen and oxygen atoms in total. The number of hydrogen-bond donors (Lipinski definition) is 7. The second kappa shape index (κ2) is 18.3. The van der Waals surface area contributed by atoms with Gasteiger partial charge in [-0.2, -0.15) is 0 Å². The number of carboxylic acids is 1. The molecule has 7 rings (SSSR count). The highest BCUT2D eigenvalue weighted by atomic mass is 79.9. The zero-order valence-electron chi connectivity index (χ0n) is 34.2. The van der Waals surface area contributed by atoms with Gasteiger partial charge in [0.05, 0.1) is 33.3 Å². The van der Waals surface area contributed by atoms with E-state index in [0.717, 1.165) is 5.57 Å². The third kappa shape index (κ3) is 9.42. The summed E-state index contributed by atoms with van der Waals surface area (Å²) in [6.45, 7) is 2.54. The Hall–Kier alpha value is -3.62. The molecule has 1 aliphatic heterocycles. The number of rotatable bonds is 16. The Morgan fingerprint density at radius 1 is 1.14 bits per heavy atom. The van der Waals surface area contributed by atoms with E-state index in [2.05, 4.69) is 31.9 Å². The number of phosphoric acid groups is 1. The number of amides is 3. The summed E-state index contributed by atoms with van der Waals surface area (Å²) < 4.78 is 30.4. The van der Waals surface area contributed by atoms with Crippen LogP contribution in [0.1, 0.15) is 74.7 Å². The maximum absolute atomic E-state index is 14.4. The summed E-state index contributed by atoms with van der Waals surface area (Å²) in [5, 5.41) is 28.8. The van der Waals surface area contributed by atoms with Crippen LogP contribution in [0.15, 0.2) is 54.1 Å². The van der Waals surface area contributed by atoms with Gasteiger partial charge < -0.3 is 45.4 Å². The number of nitrogens with one attached hydrogen (secondary N) is 3. The minimum atomic E-state index is -5.07. The van der Waals surface area contributed by atoms with Crippen LogP contribution in [0.4, 0.5) is 5.69 Å². The van der Waals surface area contributed by atoms with Gasteiger partial charge in [0, 0.05) is 28.9 Å². The first-order valence-corrected chi connectivity index (χ1v) is 24.2. The van der Waals surface area contributed by atoms with Gasteiger partial charge in [0.15, 0.2) is 23.5 Å². The number of alkyl halides is 1. The molecule has 1 aromatic heterocycles. The lowest BCUT2D eigenvalue weighted by molar-refractivity contribution is -0.200. The van der Waals surface area contributed by atoms with Crippen LogP contribution in [0.3, 0.4) is 0 Å². The molecule has 0 unspecified atom stereocenters. The highest BCUT2D eigenvalue weighted by Gasteiger charge is 2.76. The van der Waals surface area contributed by atoms with Crippen LogP contribution in [0.2, 0.25) is 4.34 Å². The molecule has 0 radical (unpaired) electrons. The standard InChI is InChI=1S/C42H48BrClN3O14PS/c1-40-11-10-25(48)15-23(40)6-7-26-27-16-32-42(31(50)20-59-62(56,57)58,41(27,2)17-29(49)36(26)40)61-39(60-32)30-14-22(37(44)63-30)12-21-4-3-5-24(13-21)46-38(55)28(8-9-35(53)54)47-34(52)19-45-33(51)18-43/h3-5,10-11,13-15,26-29,32,36,39,49H,6-9,12,16-20H2,1-2H3,(H,45,51)(H,46,55)(H,47,52)(H,53,54)(H2,56,57,58)/t26-,27-,28-,29-,32+,36+,39+,40-,41-,42+/m0/s1. The molecule has 2 heterocycles. The third-order valence-corrected chi connectivity index (χ3v) is 15.9. The molecule has 10 atom stereocenters. The van der Waals surface area contributed by atoms with Gasteiger partial charge in [-0.1, -0.05) is 65.2 Å². The van der Waals surface area contributed by atoms with Gasteiger partial charge in [-0.05, 0) is 91.8 Å². The van der Waals surface area contributed by atoms with Crippen molar-refractivity contribution in [3.63, 3.8) is 0 Å². The lowest BCUT2D eigenvalue weighted by Gasteiger charge is -2.59. The second-order valence-corrected chi connectivity index (χ2v) is 20.7. The number of anilines is 1. The summed E-state index contributed by atoms with van der Waals surface area (Å²) in [5.74, 6) is -4.33. The fraction of sp³-hybridized carbons (Fsp3) is 0.524. The van der Waals surface area contributed by atoms with Crippen molar-refractivity contribution in [3.8, 4) is 0 Å². The van der Waals surface area contributed by atoms with Crippen molar-refractivity contribution < 1.29 is 67.3 Å². The molecule has 5 aliphatic rings. The molecule has 4 fully saturated rings. The number of Topliss-reactive ketones (excluding diaryl/α,β-unsaturated/α-hetero) is 1. The molecule has 7 N–H and O–H groups in total. The van der Waals surface area contributed by atoms with E-state index in [9.17, 15) is 53.3 Å². The largest absolute Gasteiger partial charge is 0.481 e. The van der Waals surface area contributed by atoms with Gasteiger partial charge >= 0.3 is 13.8 Å². The van der Waals surface area contributed by atoms with Crippen LogP contribution >= 0.6 is 46.7 Å². The Morgan fingerprint density at radius 2 is 1.90 bits per heavy atom. The lowest BCUT2D eigenvalue weighted by Crippen LogP contribution is -2.63. The number of ketones is 2. The van der Waals surface area contributed by atoms with Crippen molar-refractivity contribution >= 4 is 87.6 Å². The van der Waals surface area contributed by atoms with E-state index in [4.69, 9.17) is 25.6 Å². The summed E-state index contributed by atoms with van der Waals surface area (Å²) in [6.07, 6.45) is 3.58. The van der Waals surface area contributed by atoms with Crippen LogP contribution in [-0.4, -0.2) is 97.6 Å². The normalized spacial score (nSPS) is 31.2. The predicted octanol–water partition coefficient (Wildman–Crippen LogP) is 4.51. The molecule has 1 saturated heterocycles. The summed E-state index contributed by atoms with van der Waals surface area (Å²) >= 11 is 11.0. The van der Waals surface area contributed by atoms with E-state index >= 15 is 0 Å². The molecular weight excluding hydrogens is 949 g/mol. The Balaban J connectivity index is 1.09. The smallest absolute Gasteiger partial charge is 0.470 e. The van der Waals surface area contributed by atoms with Gasteiger partial charge in [0.2, 0.25) is 17.7 Å². The molecule has 0 bridgehead atoms. The van der Waals surface area contributed by atoms with Gasteiger partial charge in [-0.15, -0.1) is 11.3 Å². The maximum Gasteiger partial charge on any atom is 0.470 e. The number of carbonyl (C=O) groups excluding carboxylic acids is 5. The Labute approximate surface area is 379 Å². The SMILES string of the molecule is C[C@]12C=CC(=O)C=C1CC[C@@H]1[C@@H]2[C@@H](O)C[C@@]2(C)[C@H]1C[C@H]1O[C@@H](c3cc(Cc4cccc(NC(=O)[C@H](CCC(=O)O)NC(=O)CNC(=O)CBr)c4)c(Cl)s3)O[C@]12C(=O)COP(=O)(O)O. The van der Waals surface area contributed by atoms with E-state index in [0.29, 0.717) is 45.3 Å². The topological polar surface area (TPSA) is 264 Å². The lowest BCUT2D eigenvalue weighted by atomic mass is 9.46.